The van der Waals surface area contributed by atoms with E-state index in [0.717, 1.165) is 36.0 Å². The lowest BCUT2D eigenvalue weighted by molar-refractivity contribution is -0.0375. The molecule has 0 N–H and O–H groups in total. The van der Waals surface area contributed by atoms with Gasteiger partial charge in [0.25, 0.3) is 0 Å². The van der Waals surface area contributed by atoms with Crippen molar-refractivity contribution in [3.05, 3.63) is 144 Å². The Hall–Kier alpha value is -3.89. The van der Waals surface area contributed by atoms with Gasteiger partial charge in [-0.05, 0) is 35.1 Å². The molecule has 1 saturated heterocycles. The number of hydrogen-bond acceptors (Lipinski definition) is 3. The summed E-state index contributed by atoms with van der Waals surface area (Å²) in [4.78, 5) is 15.0. The fourth-order valence-corrected chi connectivity index (χ4v) is 5.42. The number of cyclic esters (lactones) is 1. The molecule has 1 amide bonds. The summed E-state index contributed by atoms with van der Waals surface area (Å²) >= 11 is 0. The molecule has 1 aliphatic heterocycles. The maximum Gasteiger partial charge on any atom is 0.410 e. The second-order valence-corrected chi connectivity index (χ2v) is 9.82. The number of carbonyl (C=O) groups excluding carboxylic acids is 1. The fourth-order valence-electron chi connectivity index (χ4n) is 5.42. The number of rotatable bonds is 11. The van der Waals surface area contributed by atoms with Crippen molar-refractivity contribution in [2.45, 2.75) is 43.9 Å². The topological polar surface area (TPSA) is 38.8 Å². The standard InChI is InChI=1S/C34H35NO3/c1-2-3-24-35-31(25-27-16-8-4-9-17-27)32(38-33(35)36)26-37-34(28-18-10-5-11-19-28,29-20-12-6-13-21-29)30-22-14-7-15-23-30/h4-23,31-32H,2-3,24-26H2,1H3. The van der Waals surface area contributed by atoms with Gasteiger partial charge in [-0.15, -0.1) is 0 Å². The molecule has 0 aliphatic carbocycles. The minimum atomic E-state index is -0.857. The smallest absolute Gasteiger partial charge is 0.410 e. The third-order valence-electron chi connectivity index (χ3n) is 7.36. The number of nitrogens with zero attached hydrogens (tertiary/aromatic N) is 1. The maximum atomic E-state index is 13.1. The zero-order valence-corrected chi connectivity index (χ0v) is 21.9. The Balaban J connectivity index is 1.53. The summed E-state index contributed by atoms with van der Waals surface area (Å²) in [5, 5.41) is 0. The molecule has 4 heteroatoms. The van der Waals surface area contributed by atoms with Crippen LogP contribution in [0.5, 0.6) is 0 Å². The molecule has 2 atom stereocenters. The molecule has 4 nitrogen and oxygen atoms in total. The highest BCUT2D eigenvalue weighted by Gasteiger charge is 2.44. The summed E-state index contributed by atoms with van der Waals surface area (Å²) in [6.45, 7) is 3.09. The van der Waals surface area contributed by atoms with E-state index in [-0.39, 0.29) is 18.7 Å². The molecule has 5 rings (SSSR count). The first kappa shape index (κ1) is 25.7. The molecule has 0 bridgehead atoms. The van der Waals surface area contributed by atoms with E-state index in [1.165, 1.54) is 5.56 Å². The number of unbranched alkanes of at least 4 members (excludes halogenated alkanes) is 1. The molecule has 0 spiro atoms. The van der Waals surface area contributed by atoms with E-state index in [1.807, 2.05) is 77.7 Å². The summed E-state index contributed by atoms with van der Waals surface area (Å²) in [5.41, 5.74) is 3.42. The van der Waals surface area contributed by atoms with Gasteiger partial charge < -0.3 is 14.4 Å². The van der Waals surface area contributed by atoms with Crippen molar-refractivity contribution in [2.75, 3.05) is 13.2 Å². The lowest BCUT2D eigenvalue weighted by Gasteiger charge is -2.37. The molecule has 2 unspecified atom stereocenters. The minimum Gasteiger partial charge on any atom is -0.441 e. The van der Waals surface area contributed by atoms with Gasteiger partial charge in [-0.25, -0.2) is 4.79 Å². The Labute approximate surface area is 225 Å². The van der Waals surface area contributed by atoms with E-state index in [0.29, 0.717) is 6.54 Å². The van der Waals surface area contributed by atoms with Crippen LogP contribution >= 0.6 is 0 Å². The molecule has 1 aliphatic rings. The first-order valence-electron chi connectivity index (χ1n) is 13.5. The molecule has 0 saturated carbocycles. The van der Waals surface area contributed by atoms with Crippen molar-refractivity contribution in [3.63, 3.8) is 0 Å². The van der Waals surface area contributed by atoms with E-state index >= 15 is 0 Å². The van der Waals surface area contributed by atoms with E-state index in [2.05, 4.69) is 55.5 Å². The summed E-state index contributed by atoms with van der Waals surface area (Å²) in [7, 11) is 0. The van der Waals surface area contributed by atoms with Gasteiger partial charge in [0, 0.05) is 6.54 Å². The second-order valence-electron chi connectivity index (χ2n) is 9.82. The molecule has 194 valence electrons. The van der Waals surface area contributed by atoms with Crippen molar-refractivity contribution in [3.8, 4) is 0 Å². The Kier molecular flexibility index (Phi) is 8.20. The van der Waals surface area contributed by atoms with Crippen molar-refractivity contribution in [2.24, 2.45) is 0 Å². The molecule has 38 heavy (non-hydrogen) atoms. The summed E-state index contributed by atoms with van der Waals surface area (Å²) < 4.78 is 13.1. The predicted molar refractivity (Wildman–Crippen MR) is 151 cm³/mol. The normalized spacial score (nSPS) is 17.4. The highest BCUT2D eigenvalue weighted by molar-refractivity contribution is 5.71. The van der Waals surface area contributed by atoms with Crippen molar-refractivity contribution in [1.82, 2.24) is 4.90 Å². The predicted octanol–water partition coefficient (Wildman–Crippen LogP) is 7.23. The summed E-state index contributed by atoms with van der Waals surface area (Å²) in [5.74, 6) is 0. The lowest BCUT2D eigenvalue weighted by Crippen LogP contribution is -2.43. The van der Waals surface area contributed by atoms with Crippen LogP contribution in [0.4, 0.5) is 4.79 Å². The summed E-state index contributed by atoms with van der Waals surface area (Å²) in [6.07, 6.45) is 2.03. The molecule has 4 aromatic carbocycles. The van der Waals surface area contributed by atoms with E-state index in [9.17, 15) is 4.79 Å². The Morgan fingerprint density at radius 2 is 1.21 bits per heavy atom. The number of amides is 1. The number of benzene rings is 4. The molecule has 1 fully saturated rings. The van der Waals surface area contributed by atoms with Crippen LogP contribution < -0.4 is 0 Å². The average molecular weight is 506 g/mol. The van der Waals surface area contributed by atoms with Crippen LogP contribution in [0.2, 0.25) is 0 Å². The number of ether oxygens (including phenoxy) is 2. The monoisotopic (exact) mass is 505 g/mol. The zero-order valence-electron chi connectivity index (χ0n) is 21.9. The molecular weight excluding hydrogens is 470 g/mol. The van der Waals surface area contributed by atoms with E-state index < -0.39 is 11.7 Å². The van der Waals surface area contributed by atoms with Crippen LogP contribution in [0, 0.1) is 0 Å². The fraction of sp³-hybridized carbons (Fsp3) is 0.265. The largest absolute Gasteiger partial charge is 0.441 e. The number of carbonyl (C=O) groups is 1. The van der Waals surface area contributed by atoms with Crippen LogP contribution in [0.25, 0.3) is 0 Å². The first-order valence-corrected chi connectivity index (χ1v) is 13.5. The Bertz CT molecular complexity index is 1180. The van der Waals surface area contributed by atoms with Gasteiger partial charge in [-0.3, -0.25) is 0 Å². The first-order chi connectivity index (χ1) is 18.7. The van der Waals surface area contributed by atoms with Crippen molar-refractivity contribution >= 4 is 6.09 Å². The van der Waals surface area contributed by atoms with Crippen LogP contribution in [-0.4, -0.2) is 36.3 Å². The van der Waals surface area contributed by atoms with Crippen molar-refractivity contribution in [1.29, 1.82) is 0 Å². The Morgan fingerprint density at radius 1 is 0.737 bits per heavy atom. The molecule has 4 aromatic rings. The van der Waals surface area contributed by atoms with Gasteiger partial charge in [0.15, 0.2) is 0 Å². The third-order valence-corrected chi connectivity index (χ3v) is 7.36. The van der Waals surface area contributed by atoms with Gasteiger partial charge >= 0.3 is 6.09 Å². The van der Waals surface area contributed by atoms with Gasteiger partial charge in [-0.1, -0.05) is 135 Å². The van der Waals surface area contributed by atoms with Crippen LogP contribution in [0.1, 0.15) is 42.0 Å². The van der Waals surface area contributed by atoms with Crippen LogP contribution in [-0.2, 0) is 21.5 Å². The lowest BCUT2D eigenvalue weighted by atomic mass is 9.80. The van der Waals surface area contributed by atoms with Gasteiger partial charge in [0.05, 0.1) is 12.6 Å². The maximum absolute atomic E-state index is 13.1. The zero-order chi connectivity index (χ0) is 26.2. The van der Waals surface area contributed by atoms with Crippen molar-refractivity contribution < 1.29 is 14.3 Å². The minimum absolute atomic E-state index is 0.100. The molecular formula is C34H35NO3. The van der Waals surface area contributed by atoms with Crippen LogP contribution in [0.15, 0.2) is 121 Å². The van der Waals surface area contributed by atoms with E-state index in [4.69, 9.17) is 9.47 Å². The summed E-state index contributed by atoms with van der Waals surface area (Å²) in [6, 6.07) is 41.2. The number of hydrogen-bond donors (Lipinski definition) is 0. The highest BCUT2D eigenvalue weighted by Crippen LogP contribution is 2.41. The third kappa shape index (κ3) is 5.36. The van der Waals surface area contributed by atoms with E-state index in [1.54, 1.807) is 0 Å². The van der Waals surface area contributed by atoms with Gasteiger partial charge in [0.2, 0.25) is 0 Å². The highest BCUT2D eigenvalue weighted by atomic mass is 16.6. The Morgan fingerprint density at radius 3 is 1.68 bits per heavy atom. The molecule has 1 heterocycles. The second kappa shape index (κ2) is 12.1. The average Bonchev–Trinajstić information content (AvgIpc) is 3.27. The van der Waals surface area contributed by atoms with Gasteiger partial charge in [0.1, 0.15) is 11.7 Å². The SMILES string of the molecule is CCCCN1C(=O)OC(COC(c2ccccc2)(c2ccccc2)c2ccccc2)C1Cc1ccccc1. The van der Waals surface area contributed by atoms with Crippen LogP contribution in [0.3, 0.4) is 0 Å². The van der Waals surface area contributed by atoms with Gasteiger partial charge in [-0.2, -0.15) is 0 Å². The molecule has 0 radical (unpaired) electrons. The quantitative estimate of drug-likeness (QED) is 0.202. The molecule has 0 aromatic heterocycles.